The highest BCUT2D eigenvalue weighted by Crippen LogP contribution is 2.27. The molecule has 102 valence electrons. The highest BCUT2D eigenvalue weighted by atomic mass is 16.5. The molecule has 4 nitrogen and oxygen atoms in total. The van der Waals surface area contributed by atoms with E-state index in [1.165, 1.54) is 0 Å². The van der Waals surface area contributed by atoms with Gasteiger partial charge in [0, 0.05) is 10.9 Å². The van der Waals surface area contributed by atoms with Crippen LogP contribution in [-0.2, 0) is 11.3 Å². The van der Waals surface area contributed by atoms with Crippen LogP contribution in [-0.4, -0.2) is 17.2 Å². The first-order valence-electron chi connectivity index (χ1n) is 6.36. The average molecular weight is 262 g/mol. The number of carboxylic acids is 1. The summed E-state index contributed by atoms with van der Waals surface area (Å²) in [7, 11) is 0. The van der Waals surface area contributed by atoms with E-state index in [1.807, 2.05) is 25.1 Å². The molecule has 19 heavy (non-hydrogen) atoms. The Morgan fingerprint density at radius 3 is 2.63 bits per heavy atom. The van der Waals surface area contributed by atoms with Crippen molar-refractivity contribution in [1.29, 1.82) is 0 Å². The first-order valence-corrected chi connectivity index (χ1v) is 6.36. The highest BCUT2D eigenvalue weighted by Gasteiger charge is 2.20. The summed E-state index contributed by atoms with van der Waals surface area (Å²) < 4.78 is 11.1. The van der Waals surface area contributed by atoms with E-state index >= 15 is 0 Å². The van der Waals surface area contributed by atoms with Crippen LogP contribution in [0.1, 0.15) is 36.9 Å². The predicted molar refractivity (Wildman–Crippen MR) is 72.3 cm³/mol. The van der Waals surface area contributed by atoms with E-state index in [2.05, 4.69) is 13.8 Å². The van der Waals surface area contributed by atoms with Gasteiger partial charge in [-0.3, -0.25) is 0 Å². The molecule has 0 bridgehead atoms. The van der Waals surface area contributed by atoms with Gasteiger partial charge in [-0.05, 0) is 18.9 Å². The molecule has 0 aliphatic heterocycles. The first kappa shape index (κ1) is 13.6. The summed E-state index contributed by atoms with van der Waals surface area (Å²) in [6, 6.07) is 7.29. The molecule has 1 aromatic carbocycles. The van der Waals surface area contributed by atoms with E-state index in [9.17, 15) is 9.90 Å². The lowest BCUT2D eigenvalue weighted by molar-refractivity contribution is 0.0226. The zero-order valence-corrected chi connectivity index (χ0v) is 11.3. The number of carboxylic acid groups (broad SMARTS) is 1. The van der Waals surface area contributed by atoms with Gasteiger partial charge in [0.25, 0.3) is 0 Å². The summed E-state index contributed by atoms with van der Waals surface area (Å²) in [4.78, 5) is 11.2. The van der Waals surface area contributed by atoms with Crippen molar-refractivity contribution in [1.82, 2.24) is 0 Å². The molecular formula is C15H18O4. The summed E-state index contributed by atoms with van der Waals surface area (Å²) in [5.74, 6) is -0.712. The van der Waals surface area contributed by atoms with Crippen LogP contribution in [0.25, 0.3) is 11.0 Å². The lowest BCUT2D eigenvalue weighted by Crippen LogP contribution is -2.15. The van der Waals surface area contributed by atoms with Crippen LogP contribution >= 0.6 is 0 Å². The van der Waals surface area contributed by atoms with Crippen LogP contribution in [0.15, 0.2) is 28.7 Å². The first-order chi connectivity index (χ1) is 9.00. The number of hydrogen-bond acceptors (Lipinski definition) is 3. The van der Waals surface area contributed by atoms with E-state index < -0.39 is 5.97 Å². The lowest BCUT2D eigenvalue weighted by atomic mass is 10.1. The van der Waals surface area contributed by atoms with Gasteiger partial charge < -0.3 is 14.3 Å². The van der Waals surface area contributed by atoms with Crippen LogP contribution in [0.2, 0.25) is 0 Å². The molecule has 0 amide bonds. The Bertz CT molecular complexity index is 583. The van der Waals surface area contributed by atoms with Crippen LogP contribution in [0.3, 0.4) is 0 Å². The van der Waals surface area contributed by atoms with Crippen molar-refractivity contribution < 1.29 is 19.1 Å². The number of para-hydroxylation sites is 1. The third-order valence-electron chi connectivity index (χ3n) is 3.32. The molecule has 0 aliphatic rings. The molecule has 0 saturated carbocycles. The predicted octanol–water partition coefficient (Wildman–Crippen LogP) is 3.69. The van der Waals surface area contributed by atoms with Crippen molar-refractivity contribution >= 4 is 16.9 Å². The minimum absolute atomic E-state index is 0.0304. The van der Waals surface area contributed by atoms with E-state index in [1.54, 1.807) is 6.07 Å². The van der Waals surface area contributed by atoms with Crippen LogP contribution < -0.4 is 0 Å². The second-order valence-corrected chi connectivity index (χ2v) is 4.97. The molecule has 0 aliphatic carbocycles. The second-order valence-electron chi connectivity index (χ2n) is 4.97. The zero-order valence-electron chi connectivity index (χ0n) is 11.3. The van der Waals surface area contributed by atoms with Crippen LogP contribution in [0, 0.1) is 5.92 Å². The summed E-state index contributed by atoms with van der Waals surface area (Å²) in [5.41, 5.74) is 1.19. The molecule has 1 unspecified atom stereocenters. The van der Waals surface area contributed by atoms with Gasteiger partial charge in [-0.15, -0.1) is 0 Å². The zero-order chi connectivity index (χ0) is 14.0. The van der Waals surface area contributed by atoms with Crippen molar-refractivity contribution in [2.24, 2.45) is 5.92 Å². The van der Waals surface area contributed by atoms with E-state index in [-0.39, 0.29) is 18.5 Å². The summed E-state index contributed by atoms with van der Waals surface area (Å²) >= 11 is 0. The fraction of sp³-hybridized carbons (Fsp3) is 0.400. The maximum Gasteiger partial charge on any atom is 0.372 e. The number of benzene rings is 1. The fourth-order valence-electron chi connectivity index (χ4n) is 1.82. The minimum Gasteiger partial charge on any atom is -0.475 e. The summed E-state index contributed by atoms with van der Waals surface area (Å²) in [6.07, 6.45) is 0.0651. The standard InChI is InChI=1S/C15H18O4/c1-9(2)10(3)18-8-12-11-6-4-5-7-13(11)19-14(12)15(16)17/h4-7,9-10H,8H2,1-3H3,(H,16,17). The molecule has 0 fully saturated rings. The Labute approximate surface area is 112 Å². The highest BCUT2D eigenvalue weighted by molar-refractivity contribution is 5.94. The second kappa shape index (κ2) is 5.45. The molecule has 1 aromatic heterocycles. The molecule has 1 N–H and O–H groups in total. The van der Waals surface area contributed by atoms with E-state index in [0.29, 0.717) is 17.1 Å². The van der Waals surface area contributed by atoms with Gasteiger partial charge in [-0.2, -0.15) is 0 Å². The van der Waals surface area contributed by atoms with Gasteiger partial charge >= 0.3 is 5.97 Å². The Morgan fingerprint density at radius 1 is 1.32 bits per heavy atom. The Morgan fingerprint density at radius 2 is 2.00 bits per heavy atom. The molecule has 2 aromatic rings. The average Bonchev–Trinajstić information content (AvgIpc) is 2.74. The van der Waals surface area contributed by atoms with Crippen molar-refractivity contribution in [2.45, 2.75) is 33.5 Å². The Hall–Kier alpha value is -1.81. The van der Waals surface area contributed by atoms with Crippen LogP contribution in [0.5, 0.6) is 0 Å². The maximum atomic E-state index is 11.2. The molecular weight excluding hydrogens is 244 g/mol. The van der Waals surface area contributed by atoms with Crippen LogP contribution in [0.4, 0.5) is 0 Å². The maximum absolute atomic E-state index is 11.2. The van der Waals surface area contributed by atoms with Crippen molar-refractivity contribution in [3.05, 3.63) is 35.6 Å². The number of ether oxygens (including phenoxy) is 1. The number of hydrogen-bond donors (Lipinski definition) is 1. The van der Waals surface area contributed by atoms with Gasteiger partial charge in [0.2, 0.25) is 5.76 Å². The molecule has 0 radical (unpaired) electrons. The number of rotatable bonds is 5. The van der Waals surface area contributed by atoms with Crippen molar-refractivity contribution in [3.63, 3.8) is 0 Å². The Kier molecular flexibility index (Phi) is 3.90. The fourth-order valence-corrected chi connectivity index (χ4v) is 1.82. The smallest absolute Gasteiger partial charge is 0.372 e. The number of fused-ring (bicyclic) bond motifs is 1. The SMILES string of the molecule is CC(C)C(C)OCc1c(C(=O)O)oc2ccccc12. The van der Waals surface area contributed by atoms with Crippen molar-refractivity contribution in [2.75, 3.05) is 0 Å². The molecule has 4 heteroatoms. The molecule has 2 rings (SSSR count). The summed E-state index contributed by atoms with van der Waals surface area (Å²) in [6.45, 7) is 6.36. The third kappa shape index (κ3) is 2.79. The van der Waals surface area contributed by atoms with E-state index in [4.69, 9.17) is 9.15 Å². The van der Waals surface area contributed by atoms with E-state index in [0.717, 1.165) is 5.39 Å². The molecule has 0 spiro atoms. The van der Waals surface area contributed by atoms with Gasteiger partial charge in [-0.25, -0.2) is 4.79 Å². The third-order valence-corrected chi connectivity index (χ3v) is 3.32. The minimum atomic E-state index is -1.06. The number of aromatic carboxylic acids is 1. The normalized spacial score (nSPS) is 13.1. The molecule has 1 atom stereocenters. The largest absolute Gasteiger partial charge is 0.475 e. The number of carbonyl (C=O) groups is 1. The van der Waals surface area contributed by atoms with Gasteiger partial charge in [0.15, 0.2) is 0 Å². The topological polar surface area (TPSA) is 59.7 Å². The monoisotopic (exact) mass is 262 g/mol. The van der Waals surface area contributed by atoms with Gasteiger partial charge in [-0.1, -0.05) is 32.0 Å². The van der Waals surface area contributed by atoms with Gasteiger partial charge in [0.1, 0.15) is 5.58 Å². The molecule has 1 heterocycles. The van der Waals surface area contributed by atoms with Gasteiger partial charge in [0.05, 0.1) is 12.7 Å². The van der Waals surface area contributed by atoms with Crippen molar-refractivity contribution in [3.8, 4) is 0 Å². The lowest BCUT2D eigenvalue weighted by Gasteiger charge is -2.16. The Balaban J connectivity index is 2.34. The summed E-state index contributed by atoms with van der Waals surface area (Å²) in [5, 5.41) is 9.99. The molecule has 0 saturated heterocycles. The quantitative estimate of drug-likeness (QED) is 0.892. The number of furan rings is 1.